The molecule has 3 rings (SSSR count). The van der Waals surface area contributed by atoms with E-state index < -0.39 is 10.7 Å². The van der Waals surface area contributed by atoms with E-state index in [9.17, 15) is 14.5 Å². The van der Waals surface area contributed by atoms with Gasteiger partial charge in [0.1, 0.15) is 0 Å². The zero-order valence-electron chi connectivity index (χ0n) is 15.7. The fourth-order valence-electron chi connectivity index (χ4n) is 4.68. The number of piperidine rings is 1. The summed E-state index contributed by atoms with van der Waals surface area (Å²) in [5, 5.41) is 11.2. The molecule has 0 radical (unpaired) electrons. The second-order valence-corrected chi connectivity index (χ2v) is 8.07. The van der Waals surface area contributed by atoms with Gasteiger partial charge >= 0.3 is 5.69 Å². The van der Waals surface area contributed by atoms with Crippen LogP contribution in [-0.4, -0.2) is 41.7 Å². The minimum absolute atomic E-state index is 0.241. The van der Waals surface area contributed by atoms with E-state index in [2.05, 4.69) is 11.8 Å². The lowest BCUT2D eigenvalue weighted by atomic mass is 9.78. The first kappa shape index (κ1) is 19.2. The first-order chi connectivity index (χ1) is 12.4. The van der Waals surface area contributed by atoms with Gasteiger partial charge in [-0.25, -0.2) is 0 Å². The molecule has 5 nitrogen and oxygen atoms in total. The van der Waals surface area contributed by atoms with Gasteiger partial charge in [0.2, 0.25) is 5.82 Å². The lowest BCUT2D eigenvalue weighted by Gasteiger charge is -2.48. The molecule has 1 saturated heterocycles. The van der Waals surface area contributed by atoms with Crippen molar-refractivity contribution < 1.29 is 14.1 Å². The average Bonchev–Trinajstić information content (AvgIpc) is 2.63. The van der Waals surface area contributed by atoms with Crippen LogP contribution in [0.5, 0.6) is 0 Å². The number of hydrogen-bond acceptors (Lipinski definition) is 4. The maximum absolute atomic E-state index is 13.8. The molecule has 1 aromatic rings. The Morgan fingerprint density at radius 1 is 1.27 bits per heavy atom. The number of nitrogens with zero attached hydrogens (tertiary/aromatic N) is 2. The predicted octanol–water partition coefficient (Wildman–Crippen LogP) is 4.34. The van der Waals surface area contributed by atoms with Gasteiger partial charge in [0.15, 0.2) is 0 Å². The number of likely N-dealkylation sites (tertiary alicyclic amines) is 1. The van der Waals surface area contributed by atoms with E-state index in [-0.39, 0.29) is 11.2 Å². The molecule has 0 bridgehead atoms. The highest BCUT2D eigenvalue weighted by Crippen LogP contribution is 2.37. The summed E-state index contributed by atoms with van der Waals surface area (Å²) in [6.45, 7) is 4.39. The highest BCUT2D eigenvalue weighted by Gasteiger charge is 2.38. The molecule has 6 heteroatoms. The van der Waals surface area contributed by atoms with Crippen LogP contribution >= 0.6 is 0 Å². The van der Waals surface area contributed by atoms with E-state index in [0.717, 1.165) is 51.6 Å². The molecule has 26 heavy (non-hydrogen) atoms. The van der Waals surface area contributed by atoms with Gasteiger partial charge in [-0.2, -0.15) is 4.39 Å². The maximum atomic E-state index is 13.8. The number of nitro groups is 1. The fourth-order valence-corrected chi connectivity index (χ4v) is 4.68. The second-order valence-electron chi connectivity index (χ2n) is 8.07. The topological polar surface area (TPSA) is 55.6 Å². The smallest absolute Gasteiger partial charge is 0.307 e. The van der Waals surface area contributed by atoms with Crippen molar-refractivity contribution in [1.82, 2.24) is 4.90 Å². The predicted molar refractivity (Wildman–Crippen MR) is 98.7 cm³/mol. The Kier molecular flexibility index (Phi) is 5.92. The van der Waals surface area contributed by atoms with Gasteiger partial charge < -0.3 is 4.74 Å². The second kappa shape index (κ2) is 8.01. The average molecular weight is 364 g/mol. The Hall–Kier alpha value is -1.53. The lowest BCUT2D eigenvalue weighted by molar-refractivity contribution is -0.388. The fraction of sp³-hybridized carbons (Fsp3) is 0.700. The van der Waals surface area contributed by atoms with Crippen molar-refractivity contribution in [2.24, 2.45) is 5.92 Å². The van der Waals surface area contributed by atoms with Gasteiger partial charge in [-0.15, -0.1) is 0 Å². The summed E-state index contributed by atoms with van der Waals surface area (Å²) >= 11 is 0. The van der Waals surface area contributed by atoms with Gasteiger partial charge in [0.25, 0.3) is 0 Å². The Balaban J connectivity index is 1.58. The zero-order chi connectivity index (χ0) is 18.7. The van der Waals surface area contributed by atoms with Crippen LogP contribution < -0.4 is 0 Å². The van der Waals surface area contributed by atoms with Crippen molar-refractivity contribution in [1.29, 1.82) is 0 Å². The van der Waals surface area contributed by atoms with Crippen LogP contribution in [0.25, 0.3) is 0 Å². The standard InChI is InChI=1S/C20H29FN2O3/c1-20(10-6-17(26-2)7-11-20)22-12-8-15(9-13-22)14-16-4-3-5-18(21)19(16)23(24)25/h3-5,15,17H,6-14H2,1-2H3. The molecule has 144 valence electrons. The summed E-state index contributed by atoms with van der Waals surface area (Å²) in [6.07, 6.45) is 7.55. The van der Waals surface area contributed by atoms with E-state index in [1.807, 2.05) is 0 Å². The molecule has 0 atom stereocenters. The van der Waals surface area contributed by atoms with Crippen LogP contribution in [-0.2, 0) is 11.2 Å². The number of hydrogen-bond donors (Lipinski definition) is 0. The summed E-state index contributed by atoms with van der Waals surface area (Å²) in [5.41, 5.74) is 0.422. The van der Waals surface area contributed by atoms with Gasteiger partial charge in [-0.1, -0.05) is 12.1 Å². The minimum atomic E-state index is -0.729. The van der Waals surface area contributed by atoms with Crippen molar-refractivity contribution in [3.8, 4) is 0 Å². The highest BCUT2D eigenvalue weighted by molar-refractivity contribution is 5.41. The van der Waals surface area contributed by atoms with E-state index in [1.54, 1.807) is 19.2 Å². The molecule has 2 fully saturated rings. The van der Waals surface area contributed by atoms with Crippen molar-refractivity contribution in [2.75, 3.05) is 20.2 Å². The van der Waals surface area contributed by atoms with E-state index in [0.29, 0.717) is 24.0 Å². The van der Waals surface area contributed by atoms with Crippen LogP contribution in [0.4, 0.5) is 10.1 Å². The molecule has 2 aliphatic rings. The molecule has 1 heterocycles. The first-order valence-corrected chi connectivity index (χ1v) is 9.62. The van der Waals surface area contributed by atoms with Crippen LogP contribution in [0.2, 0.25) is 0 Å². The largest absolute Gasteiger partial charge is 0.381 e. The quantitative estimate of drug-likeness (QED) is 0.576. The molecule has 1 saturated carbocycles. The monoisotopic (exact) mass is 364 g/mol. The molecular formula is C20H29FN2O3. The Morgan fingerprint density at radius 2 is 1.92 bits per heavy atom. The van der Waals surface area contributed by atoms with Gasteiger partial charge in [-0.3, -0.25) is 15.0 Å². The Bertz CT molecular complexity index is 636. The third kappa shape index (κ3) is 4.07. The Labute approximate surface area is 154 Å². The van der Waals surface area contributed by atoms with Gasteiger partial charge in [0.05, 0.1) is 11.0 Å². The summed E-state index contributed by atoms with van der Waals surface area (Å²) < 4.78 is 19.3. The van der Waals surface area contributed by atoms with Crippen LogP contribution in [0.15, 0.2) is 18.2 Å². The number of para-hydroxylation sites is 1. The summed E-state index contributed by atoms with van der Waals surface area (Å²) in [5.74, 6) is -0.349. The third-order valence-corrected chi connectivity index (χ3v) is 6.48. The maximum Gasteiger partial charge on any atom is 0.307 e. The number of halogens is 1. The van der Waals surface area contributed by atoms with Gasteiger partial charge in [-0.05, 0) is 76.9 Å². The summed E-state index contributed by atoms with van der Waals surface area (Å²) in [6, 6.07) is 4.43. The molecule has 0 amide bonds. The normalized spacial score (nSPS) is 28.2. The number of ether oxygens (including phenoxy) is 1. The van der Waals surface area contributed by atoms with E-state index in [4.69, 9.17) is 4.74 Å². The molecule has 1 aliphatic carbocycles. The number of rotatable bonds is 5. The van der Waals surface area contributed by atoms with Crippen molar-refractivity contribution in [2.45, 2.75) is 63.5 Å². The van der Waals surface area contributed by atoms with Crippen molar-refractivity contribution >= 4 is 5.69 Å². The number of benzene rings is 1. The molecule has 0 aromatic heterocycles. The van der Waals surface area contributed by atoms with Crippen LogP contribution in [0.3, 0.4) is 0 Å². The molecule has 0 N–H and O–H groups in total. The molecule has 0 spiro atoms. The van der Waals surface area contributed by atoms with Crippen LogP contribution in [0.1, 0.15) is 51.0 Å². The van der Waals surface area contributed by atoms with Crippen molar-refractivity contribution in [3.63, 3.8) is 0 Å². The van der Waals surface area contributed by atoms with Gasteiger partial charge in [0, 0.05) is 18.2 Å². The van der Waals surface area contributed by atoms with E-state index >= 15 is 0 Å². The lowest BCUT2D eigenvalue weighted by Crippen LogP contribution is -2.52. The Morgan fingerprint density at radius 3 is 2.50 bits per heavy atom. The molecule has 1 aromatic carbocycles. The number of methoxy groups -OCH3 is 1. The van der Waals surface area contributed by atoms with Crippen LogP contribution in [0, 0.1) is 21.8 Å². The third-order valence-electron chi connectivity index (χ3n) is 6.48. The van der Waals surface area contributed by atoms with Crippen molar-refractivity contribution in [3.05, 3.63) is 39.7 Å². The van der Waals surface area contributed by atoms with E-state index in [1.165, 1.54) is 6.07 Å². The molecule has 1 aliphatic heterocycles. The minimum Gasteiger partial charge on any atom is -0.381 e. The SMILES string of the molecule is COC1CCC(C)(N2CCC(Cc3cccc(F)c3[N+](=O)[O-])CC2)CC1. The molecular weight excluding hydrogens is 335 g/mol. The zero-order valence-corrected chi connectivity index (χ0v) is 15.7. The summed E-state index contributed by atoms with van der Waals surface area (Å²) in [4.78, 5) is 13.2. The summed E-state index contributed by atoms with van der Waals surface area (Å²) in [7, 11) is 1.80. The molecule has 0 unspecified atom stereocenters. The highest BCUT2D eigenvalue weighted by atomic mass is 19.1. The first-order valence-electron chi connectivity index (χ1n) is 9.62. The number of nitro benzene ring substituents is 1.